The normalized spacial score (nSPS) is 11.0. The van der Waals surface area contributed by atoms with Gasteiger partial charge in [0.15, 0.2) is 5.69 Å². The summed E-state index contributed by atoms with van der Waals surface area (Å²) in [5, 5.41) is 8.62. The summed E-state index contributed by atoms with van der Waals surface area (Å²) in [5.74, 6) is 0. The monoisotopic (exact) mass is 249 g/mol. The number of nitrogens with zero attached hydrogens (tertiary/aromatic N) is 3. The lowest BCUT2D eigenvalue weighted by Crippen LogP contribution is -2.09. The number of hydrogen-bond acceptors (Lipinski definition) is 3. The van der Waals surface area contributed by atoms with Crippen molar-refractivity contribution in [2.24, 2.45) is 0 Å². The van der Waals surface area contributed by atoms with Crippen LogP contribution in [-0.2, 0) is 6.18 Å². The van der Waals surface area contributed by atoms with E-state index < -0.39 is 17.4 Å². The van der Waals surface area contributed by atoms with Crippen molar-refractivity contribution in [3.63, 3.8) is 0 Å². The molecule has 2 rings (SSSR count). The molecule has 2 heterocycles. The Bertz CT molecular complexity index is 600. The van der Waals surface area contributed by atoms with E-state index in [2.05, 4.69) is 9.97 Å². The van der Waals surface area contributed by atoms with Gasteiger partial charge in [-0.15, -0.1) is 0 Å². The molecule has 0 aromatic carbocycles. The highest BCUT2D eigenvalue weighted by Gasteiger charge is 2.34. The Labute approximate surface area is 101 Å². The Morgan fingerprint density at radius 2 is 1.94 bits per heavy atom. The van der Waals surface area contributed by atoms with E-state index in [0.29, 0.717) is 5.56 Å². The molecule has 0 bridgehead atoms. The summed E-state index contributed by atoms with van der Waals surface area (Å²) >= 11 is 0. The van der Waals surface area contributed by atoms with Crippen LogP contribution >= 0.6 is 0 Å². The Morgan fingerprint density at radius 3 is 2.50 bits per heavy atom. The fourth-order valence-electron chi connectivity index (χ4n) is 1.46. The molecule has 2 aromatic heterocycles. The average molecular weight is 249 g/mol. The van der Waals surface area contributed by atoms with E-state index in [1.165, 1.54) is 24.7 Å². The lowest BCUT2D eigenvalue weighted by atomic mass is 10.1. The summed E-state index contributed by atoms with van der Waals surface area (Å²) in [6, 6.07) is 5.57. The standard InChI is InChI=1S/C12H6F3N3/c13-12(14,15)10-4-9(7-18-11(10)5-16)8-2-1-3-17-6-8/h1-4,6-7H. The number of halogens is 3. The van der Waals surface area contributed by atoms with Gasteiger partial charge in [0.05, 0.1) is 5.56 Å². The van der Waals surface area contributed by atoms with Gasteiger partial charge in [-0.2, -0.15) is 18.4 Å². The van der Waals surface area contributed by atoms with Gasteiger partial charge < -0.3 is 0 Å². The molecule has 18 heavy (non-hydrogen) atoms. The molecule has 0 spiro atoms. The minimum atomic E-state index is -4.60. The van der Waals surface area contributed by atoms with Crippen LogP contribution in [0.2, 0.25) is 0 Å². The van der Waals surface area contributed by atoms with E-state index in [-0.39, 0.29) is 5.56 Å². The van der Waals surface area contributed by atoms with E-state index in [0.717, 1.165) is 6.07 Å². The Morgan fingerprint density at radius 1 is 1.17 bits per heavy atom. The van der Waals surface area contributed by atoms with Crippen LogP contribution in [0.1, 0.15) is 11.3 Å². The predicted molar refractivity (Wildman–Crippen MR) is 57.2 cm³/mol. The zero-order valence-electron chi connectivity index (χ0n) is 8.94. The molecule has 0 saturated carbocycles. The maximum atomic E-state index is 12.7. The van der Waals surface area contributed by atoms with Crippen molar-refractivity contribution in [2.45, 2.75) is 6.18 Å². The molecular weight excluding hydrogens is 243 g/mol. The van der Waals surface area contributed by atoms with Gasteiger partial charge in [0.1, 0.15) is 6.07 Å². The van der Waals surface area contributed by atoms with Crippen LogP contribution in [0, 0.1) is 11.3 Å². The Kier molecular flexibility index (Phi) is 2.98. The molecule has 0 amide bonds. The van der Waals surface area contributed by atoms with Crippen LogP contribution in [0.4, 0.5) is 13.2 Å². The highest BCUT2D eigenvalue weighted by atomic mass is 19.4. The van der Waals surface area contributed by atoms with Crippen molar-refractivity contribution in [3.05, 3.63) is 48.0 Å². The van der Waals surface area contributed by atoms with Crippen LogP contribution in [0.15, 0.2) is 36.8 Å². The number of nitriles is 1. The first-order chi connectivity index (χ1) is 8.52. The molecule has 6 heteroatoms. The van der Waals surface area contributed by atoms with Crippen molar-refractivity contribution >= 4 is 0 Å². The van der Waals surface area contributed by atoms with Crippen LogP contribution in [0.3, 0.4) is 0 Å². The molecule has 0 unspecified atom stereocenters. The van der Waals surface area contributed by atoms with Gasteiger partial charge in [-0.25, -0.2) is 4.98 Å². The smallest absolute Gasteiger partial charge is 0.264 e. The Balaban J connectivity index is 2.58. The van der Waals surface area contributed by atoms with E-state index in [1.54, 1.807) is 12.1 Å². The molecule has 0 aliphatic heterocycles. The van der Waals surface area contributed by atoms with Crippen LogP contribution in [-0.4, -0.2) is 9.97 Å². The van der Waals surface area contributed by atoms with Crippen molar-refractivity contribution in [2.75, 3.05) is 0 Å². The quantitative estimate of drug-likeness (QED) is 0.780. The maximum absolute atomic E-state index is 12.7. The molecule has 90 valence electrons. The second-order valence-electron chi connectivity index (χ2n) is 3.47. The molecule has 0 radical (unpaired) electrons. The first-order valence-corrected chi connectivity index (χ1v) is 4.90. The number of hydrogen-bond donors (Lipinski definition) is 0. The van der Waals surface area contributed by atoms with E-state index in [4.69, 9.17) is 5.26 Å². The fraction of sp³-hybridized carbons (Fsp3) is 0.0833. The molecule has 0 aliphatic carbocycles. The van der Waals surface area contributed by atoms with Gasteiger partial charge in [-0.1, -0.05) is 6.07 Å². The summed E-state index contributed by atoms with van der Waals surface area (Å²) in [4.78, 5) is 7.35. The number of alkyl halides is 3. The highest BCUT2D eigenvalue weighted by Crippen LogP contribution is 2.33. The zero-order chi connectivity index (χ0) is 13.2. The van der Waals surface area contributed by atoms with Crippen LogP contribution in [0.5, 0.6) is 0 Å². The van der Waals surface area contributed by atoms with Gasteiger partial charge in [-0.3, -0.25) is 4.98 Å². The molecule has 0 aliphatic rings. The van der Waals surface area contributed by atoms with Gasteiger partial charge in [0.25, 0.3) is 0 Å². The van der Waals surface area contributed by atoms with E-state index in [1.807, 2.05) is 0 Å². The molecule has 2 aromatic rings. The summed E-state index contributed by atoms with van der Waals surface area (Å²) < 4.78 is 38.2. The van der Waals surface area contributed by atoms with Crippen molar-refractivity contribution in [3.8, 4) is 17.2 Å². The van der Waals surface area contributed by atoms with Crippen molar-refractivity contribution in [1.82, 2.24) is 9.97 Å². The second-order valence-corrected chi connectivity index (χ2v) is 3.47. The lowest BCUT2D eigenvalue weighted by Gasteiger charge is -2.09. The molecule has 3 nitrogen and oxygen atoms in total. The van der Waals surface area contributed by atoms with Gasteiger partial charge >= 0.3 is 6.18 Å². The first kappa shape index (κ1) is 12.0. The van der Waals surface area contributed by atoms with Crippen molar-refractivity contribution in [1.29, 1.82) is 5.26 Å². The van der Waals surface area contributed by atoms with Gasteiger partial charge in [0.2, 0.25) is 0 Å². The SMILES string of the molecule is N#Cc1ncc(-c2cccnc2)cc1C(F)(F)F. The largest absolute Gasteiger partial charge is 0.419 e. The molecular formula is C12H6F3N3. The third kappa shape index (κ3) is 2.30. The zero-order valence-corrected chi connectivity index (χ0v) is 8.94. The van der Waals surface area contributed by atoms with Crippen LogP contribution in [0.25, 0.3) is 11.1 Å². The van der Waals surface area contributed by atoms with Gasteiger partial charge in [-0.05, 0) is 12.1 Å². The van der Waals surface area contributed by atoms with E-state index in [9.17, 15) is 13.2 Å². The third-order valence-corrected chi connectivity index (χ3v) is 2.29. The molecule has 0 saturated heterocycles. The lowest BCUT2D eigenvalue weighted by molar-refractivity contribution is -0.138. The molecule has 0 atom stereocenters. The Hall–Kier alpha value is -2.42. The molecule has 0 fully saturated rings. The second kappa shape index (κ2) is 4.45. The fourth-order valence-corrected chi connectivity index (χ4v) is 1.46. The minimum absolute atomic E-state index is 0.273. The highest BCUT2D eigenvalue weighted by molar-refractivity contribution is 5.63. The summed E-state index contributed by atoms with van der Waals surface area (Å²) in [6.07, 6.45) is -0.421. The number of aromatic nitrogens is 2. The van der Waals surface area contributed by atoms with Gasteiger partial charge in [0, 0.05) is 29.7 Å². The maximum Gasteiger partial charge on any atom is 0.419 e. The summed E-state index contributed by atoms with van der Waals surface area (Å²) in [5.41, 5.74) is -0.879. The topological polar surface area (TPSA) is 49.6 Å². The number of rotatable bonds is 1. The van der Waals surface area contributed by atoms with E-state index >= 15 is 0 Å². The third-order valence-electron chi connectivity index (χ3n) is 2.29. The first-order valence-electron chi connectivity index (χ1n) is 4.90. The predicted octanol–water partition coefficient (Wildman–Crippen LogP) is 3.03. The minimum Gasteiger partial charge on any atom is -0.264 e. The summed E-state index contributed by atoms with van der Waals surface area (Å²) in [6.45, 7) is 0. The van der Waals surface area contributed by atoms with Crippen molar-refractivity contribution < 1.29 is 13.2 Å². The summed E-state index contributed by atoms with van der Waals surface area (Å²) in [7, 11) is 0. The van der Waals surface area contributed by atoms with Crippen LogP contribution < -0.4 is 0 Å². The number of pyridine rings is 2. The average Bonchev–Trinajstić information content (AvgIpc) is 2.38. The molecule has 0 N–H and O–H groups in total.